The number of nitrogens with one attached hydrogen (secondary N) is 1. The van der Waals surface area contributed by atoms with Crippen LogP contribution >= 0.6 is 11.6 Å². The van der Waals surface area contributed by atoms with E-state index in [9.17, 15) is 22.8 Å². The number of ether oxygens (including phenoxy) is 2. The van der Waals surface area contributed by atoms with Crippen LogP contribution in [0.3, 0.4) is 0 Å². The zero-order chi connectivity index (χ0) is 22.8. The highest BCUT2D eigenvalue weighted by atomic mass is 35.5. The van der Waals surface area contributed by atoms with E-state index in [1.165, 1.54) is 13.2 Å². The number of anilines is 1. The molecule has 0 spiro atoms. The van der Waals surface area contributed by atoms with Gasteiger partial charge in [-0.2, -0.15) is 13.2 Å². The Hall–Kier alpha value is -3.33. The lowest BCUT2D eigenvalue weighted by molar-refractivity contribution is -0.137. The molecule has 2 aromatic carbocycles. The predicted molar refractivity (Wildman–Crippen MR) is 108 cm³/mol. The van der Waals surface area contributed by atoms with Gasteiger partial charge in [-0.25, -0.2) is 4.79 Å². The van der Waals surface area contributed by atoms with Crippen molar-refractivity contribution in [2.75, 3.05) is 19.0 Å². The van der Waals surface area contributed by atoms with Gasteiger partial charge >= 0.3 is 12.1 Å². The quantitative estimate of drug-likeness (QED) is 0.550. The molecule has 1 amide bonds. The van der Waals surface area contributed by atoms with Gasteiger partial charge in [0.2, 0.25) is 0 Å². The Labute approximate surface area is 179 Å². The lowest BCUT2D eigenvalue weighted by Crippen LogP contribution is -2.23. The largest absolute Gasteiger partial charge is 0.497 e. The van der Waals surface area contributed by atoms with Crippen molar-refractivity contribution in [2.24, 2.45) is 0 Å². The summed E-state index contributed by atoms with van der Waals surface area (Å²) in [5, 5.41) is 2.57. The molecule has 31 heavy (non-hydrogen) atoms. The van der Waals surface area contributed by atoms with Crippen LogP contribution in [0.5, 0.6) is 5.75 Å². The van der Waals surface area contributed by atoms with Gasteiger partial charge in [0.25, 0.3) is 5.91 Å². The number of aromatic nitrogens is 1. The van der Waals surface area contributed by atoms with Crippen LogP contribution in [0.1, 0.15) is 21.6 Å². The van der Waals surface area contributed by atoms with Crippen molar-refractivity contribution in [1.29, 1.82) is 0 Å². The van der Waals surface area contributed by atoms with E-state index in [1.54, 1.807) is 31.2 Å². The fourth-order valence-electron chi connectivity index (χ4n) is 2.84. The van der Waals surface area contributed by atoms with Gasteiger partial charge in [-0.15, -0.1) is 0 Å². The number of methoxy groups -OCH3 is 1. The second-order valence-corrected chi connectivity index (χ2v) is 6.93. The molecule has 0 saturated heterocycles. The van der Waals surface area contributed by atoms with E-state index in [4.69, 9.17) is 21.1 Å². The topological polar surface area (TPSA) is 77.5 Å². The van der Waals surface area contributed by atoms with Crippen LogP contribution in [0.25, 0.3) is 10.9 Å². The van der Waals surface area contributed by atoms with Crippen LogP contribution < -0.4 is 10.1 Å². The first-order chi connectivity index (χ1) is 14.6. The minimum Gasteiger partial charge on any atom is -0.497 e. The van der Waals surface area contributed by atoms with E-state index in [-0.39, 0.29) is 10.6 Å². The summed E-state index contributed by atoms with van der Waals surface area (Å²) in [6.45, 7) is 0.817. The second-order valence-electron chi connectivity index (χ2n) is 6.49. The summed E-state index contributed by atoms with van der Waals surface area (Å²) in [6, 6.07) is 9.61. The van der Waals surface area contributed by atoms with E-state index in [1.807, 2.05) is 0 Å². The molecule has 0 atom stereocenters. The highest BCUT2D eigenvalue weighted by Gasteiger charge is 2.34. The number of aryl methyl sites for hydroxylation is 1. The number of rotatable bonds is 5. The van der Waals surface area contributed by atoms with Gasteiger partial charge in [0.15, 0.2) is 6.61 Å². The predicted octanol–water partition coefficient (Wildman–Crippen LogP) is 5.02. The zero-order valence-electron chi connectivity index (χ0n) is 16.3. The van der Waals surface area contributed by atoms with Gasteiger partial charge < -0.3 is 14.8 Å². The lowest BCUT2D eigenvalue weighted by atomic mass is 10.1. The van der Waals surface area contributed by atoms with E-state index >= 15 is 0 Å². The van der Waals surface area contributed by atoms with Crippen molar-refractivity contribution in [1.82, 2.24) is 4.98 Å². The molecule has 0 fully saturated rings. The number of hydrogen-bond donors (Lipinski definition) is 1. The third-order valence-corrected chi connectivity index (χ3v) is 4.56. The van der Waals surface area contributed by atoms with E-state index < -0.39 is 35.9 Å². The number of nitrogens with zero attached hydrogens (tertiary/aromatic N) is 1. The Kier molecular flexibility index (Phi) is 6.35. The molecule has 1 heterocycles. The van der Waals surface area contributed by atoms with Crippen molar-refractivity contribution in [3.05, 3.63) is 64.3 Å². The highest BCUT2D eigenvalue weighted by Crippen LogP contribution is 2.36. The fraction of sp³-hybridized carbons (Fsp3) is 0.190. The molecule has 3 rings (SSSR count). The SMILES string of the molecule is COc1ccc2nc(C)c(C(=O)OCC(=O)Nc3ccc(Cl)cc3C(F)(F)F)cc2c1. The van der Waals surface area contributed by atoms with Gasteiger partial charge in [-0.3, -0.25) is 9.78 Å². The minimum atomic E-state index is -4.72. The first kappa shape index (κ1) is 22.4. The van der Waals surface area contributed by atoms with E-state index in [2.05, 4.69) is 10.3 Å². The molecule has 3 aromatic rings. The molecule has 1 N–H and O–H groups in total. The average molecular weight is 453 g/mol. The Balaban J connectivity index is 1.73. The molecule has 0 unspecified atom stereocenters. The van der Waals surface area contributed by atoms with Gasteiger partial charge in [0.05, 0.1) is 35.1 Å². The number of alkyl halides is 3. The smallest absolute Gasteiger partial charge is 0.418 e. The maximum Gasteiger partial charge on any atom is 0.418 e. The molecule has 10 heteroatoms. The van der Waals surface area contributed by atoms with Crippen molar-refractivity contribution in [2.45, 2.75) is 13.1 Å². The number of fused-ring (bicyclic) bond motifs is 1. The molecule has 0 aliphatic heterocycles. The molecule has 6 nitrogen and oxygen atoms in total. The van der Waals surface area contributed by atoms with Crippen LogP contribution in [-0.2, 0) is 15.7 Å². The monoisotopic (exact) mass is 452 g/mol. The summed E-state index contributed by atoms with van der Waals surface area (Å²) in [5.74, 6) is -1.20. The normalized spacial score (nSPS) is 11.3. The van der Waals surface area contributed by atoms with Crippen molar-refractivity contribution in [3.63, 3.8) is 0 Å². The number of carbonyl (C=O) groups is 2. The Morgan fingerprint density at radius 3 is 2.55 bits per heavy atom. The van der Waals surface area contributed by atoms with Crippen molar-refractivity contribution in [3.8, 4) is 5.75 Å². The number of esters is 1. The van der Waals surface area contributed by atoms with Crippen molar-refractivity contribution < 1.29 is 32.2 Å². The first-order valence-electron chi connectivity index (χ1n) is 8.87. The maximum absolute atomic E-state index is 13.1. The Morgan fingerprint density at radius 1 is 1.13 bits per heavy atom. The maximum atomic E-state index is 13.1. The summed E-state index contributed by atoms with van der Waals surface area (Å²) in [6.07, 6.45) is -4.72. The highest BCUT2D eigenvalue weighted by molar-refractivity contribution is 6.30. The summed E-state index contributed by atoms with van der Waals surface area (Å²) < 4.78 is 49.5. The molecule has 0 aliphatic carbocycles. The summed E-state index contributed by atoms with van der Waals surface area (Å²) in [4.78, 5) is 28.8. The molecular formula is C21H16ClF3N2O4. The average Bonchev–Trinajstić information content (AvgIpc) is 2.71. The molecule has 162 valence electrons. The van der Waals surface area contributed by atoms with Crippen LogP contribution in [0.15, 0.2) is 42.5 Å². The Morgan fingerprint density at radius 2 is 1.87 bits per heavy atom. The van der Waals surface area contributed by atoms with Crippen LogP contribution in [-0.4, -0.2) is 30.6 Å². The first-order valence-corrected chi connectivity index (χ1v) is 9.25. The molecular weight excluding hydrogens is 437 g/mol. The number of pyridine rings is 1. The number of carbonyl (C=O) groups excluding carboxylic acids is 2. The third-order valence-electron chi connectivity index (χ3n) is 4.33. The number of amides is 1. The van der Waals surface area contributed by atoms with Gasteiger partial charge in [0, 0.05) is 10.4 Å². The molecule has 1 aromatic heterocycles. The second kappa shape index (κ2) is 8.81. The summed E-state index contributed by atoms with van der Waals surface area (Å²) >= 11 is 5.61. The number of hydrogen-bond acceptors (Lipinski definition) is 5. The van der Waals surface area contributed by atoms with Gasteiger partial charge in [-0.1, -0.05) is 11.6 Å². The van der Waals surface area contributed by atoms with Crippen LogP contribution in [0.4, 0.5) is 18.9 Å². The van der Waals surface area contributed by atoms with E-state index in [0.717, 1.165) is 6.07 Å². The third kappa shape index (κ3) is 5.24. The molecule has 0 radical (unpaired) electrons. The van der Waals surface area contributed by atoms with Crippen LogP contribution in [0.2, 0.25) is 5.02 Å². The lowest BCUT2D eigenvalue weighted by Gasteiger charge is -2.14. The zero-order valence-corrected chi connectivity index (χ0v) is 17.1. The minimum absolute atomic E-state index is 0.121. The van der Waals surface area contributed by atoms with Crippen molar-refractivity contribution >= 4 is 40.1 Å². The molecule has 0 saturated carbocycles. The standard InChI is InChI=1S/C21H16ClF3N2O4/c1-11-15(8-12-7-14(30-2)4-6-17(12)26-11)20(29)31-10-19(28)27-18-5-3-13(22)9-16(18)21(23,24)25/h3-9H,10H2,1-2H3,(H,27,28). The number of benzene rings is 2. The fourth-order valence-corrected chi connectivity index (χ4v) is 3.01. The number of halogens is 4. The summed E-state index contributed by atoms with van der Waals surface area (Å²) in [7, 11) is 1.50. The summed E-state index contributed by atoms with van der Waals surface area (Å²) in [5.41, 5.74) is -0.469. The Bertz CT molecular complexity index is 1170. The molecule has 0 bridgehead atoms. The van der Waals surface area contributed by atoms with Gasteiger partial charge in [-0.05, 0) is 49.4 Å². The molecule has 0 aliphatic rings. The van der Waals surface area contributed by atoms with Crippen LogP contribution in [0, 0.1) is 6.92 Å². The van der Waals surface area contributed by atoms with E-state index in [0.29, 0.717) is 28.4 Å². The van der Waals surface area contributed by atoms with Gasteiger partial charge in [0.1, 0.15) is 5.75 Å².